The highest BCUT2D eigenvalue weighted by molar-refractivity contribution is 5.94. The lowest BCUT2D eigenvalue weighted by atomic mass is 10.0. The number of carbonyl (C=O) groups is 1. The molecule has 0 spiro atoms. The second kappa shape index (κ2) is 6.73. The molecule has 1 amide bonds. The number of hydrogen-bond acceptors (Lipinski definition) is 3. The van der Waals surface area contributed by atoms with E-state index in [9.17, 15) is 4.79 Å². The minimum Gasteiger partial charge on any atom is -0.356 e. The molecule has 1 aliphatic heterocycles. The molecule has 20 heavy (non-hydrogen) atoms. The summed E-state index contributed by atoms with van der Waals surface area (Å²) < 4.78 is 0. The number of nitrogens with one attached hydrogen (secondary N) is 1. The van der Waals surface area contributed by atoms with Crippen LogP contribution in [-0.2, 0) is 0 Å². The maximum Gasteiger partial charge on any atom is 0.253 e. The Bertz CT molecular complexity index is 444. The van der Waals surface area contributed by atoms with E-state index in [0.29, 0.717) is 5.56 Å². The summed E-state index contributed by atoms with van der Waals surface area (Å²) in [4.78, 5) is 18.8. The van der Waals surface area contributed by atoms with Gasteiger partial charge in [0.1, 0.15) is 5.82 Å². The lowest BCUT2D eigenvalue weighted by molar-refractivity contribution is 0.0939. The predicted octanol–water partition coefficient (Wildman–Crippen LogP) is 2.85. The van der Waals surface area contributed by atoms with Crippen molar-refractivity contribution in [1.29, 1.82) is 0 Å². The molecule has 4 heteroatoms. The molecule has 1 aliphatic rings. The molecule has 1 N–H and O–H groups in total. The van der Waals surface area contributed by atoms with Crippen molar-refractivity contribution in [3.05, 3.63) is 23.9 Å². The van der Waals surface area contributed by atoms with Gasteiger partial charge in [-0.2, -0.15) is 0 Å². The summed E-state index contributed by atoms with van der Waals surface area (Å²) in [6.07, 6.45) is 5.14. The molecule has 1 aromatic heterocycles. The summed E-state index contributed by atoms with van der Waals surface area (Å²) in [5, 5.41) is 2.96. The van der Waals surface area contributed by atoms with Gasteiger partial charge in [-0.1, -0.05) is 13.8 Å². The number of rotatable bonds is 4. The summed E-state index contributed by atoms with van der Waals surface area (Å²) >= 11 is 0. The van der Waals surface area contributed by atoms with Crippen LogP contribution in [0.25, 0.3) is 0 Å². The largest absolute Gasteiger partial charge is 0.356 e. The van der Waals surface area contributed by atoms with Crippen LogP contribution < -0.4 is 10.2 Å². The van der Waals surface area contributed by atoms with Crippen molar-refractivity contribution in [3.8, 4) is 0 Å². The van der Waals surface area contributed by atoms with Crippen molar-refractivity contribution in [2.75, 3.05) is 18.0 Å². The van der Waals surface area contributed by atoms with Gasteiger partial charge in [-0.15, -0.1) is 0 Å². The maximum atomic E-state index is 12.0. The van der Waals surface area contributed by atoms with Gasteiger partial charge >= 0.3 is 0 Å². The van der Waals surface area contributed by atoms with Crippen molar-refractivity contribution in [2.24, 2.45) is 5.92 Å². The normalized spacial score (nSPS) is 20.6. The second-order valence-corrected chi connectivity index (χ2v) is 5.88. The van der Waals surface area contributed by atoms with Gasteiger partial charge in [0.05, 0.1) is 5.56 Å². The van der Waals surface area contributed by atoms with Crippen LogP contribution >= 0.6 is 0 Å². The summed E-state index contributed by atoms with van der Waals surface area (Å²) in [7, 11) is 0. The van der Waals surface area contributed by atoms with Gasteiger partial charge in [0.25, 0.3) is 5.91 Å². The first kappa shape index (κ1) is 14.8. The summed E-state index contributed by atoms with van der Waals surface area (Å²) in [5.74, 6) is 1.67. The highest BCUT2D eigenvalue weighted by Crippen LogP contribution is 2.21. The van der Waals surface area contributed by atoms with E-state index in [4.69, 9.17) is 0 Å². The van der Waals surface area contributed by atoms with Crippen LogP contribution in [0, 0.1) is 5.92 Å². The first-order chi connectivity index (χ1) is 9.60. The lowest BCUT2D eigenvalue weighted by Gasteiger charge is -2.31. The number of pyridine rings is 1. The molecule has 1 fully saturated rings. The molecule has 0 radical (unpaired) electrons. The minimum absolute atomic E-state index is 0.0367. The fourth-order valence-electron chi connectivity index (χ4n) is 2.51. The predicted molar refractivity (Wildman–Crippen MR) is 82.1 cm³/mol. The number of nitrogens with zero attached hydrogens (tertiary/aromatic N) is 2. The topological polar surface area (TPSA) is 45.2 Å². The van der Waals surface area contributed by atoms with Gasteiger partial charge in [-0.05, 0) is 44.2 Å². The molecule has 0 aromatic carbocycles. The van der Waals surface area contributed by atoms with Gasteiger partial charge in [0.2, 0.25) is 0 Å². The minimum atomic E-state index is -0.0367. The molecule has 1 saturated heterocycles. The van der Waals surface area contributed by atoms with Crippen molar-refractivity contribution in [2.45, 2.75) is 46.1 Å². The SMILES string of the molecule is CCC(C)NC(=O)c1ccc(N2CCCC(C)C2)nc1. The zero-order valence-corrected chi connectivity index (χ0v) is 12.7. The molecular weight excluding hydrogens is 250 g/mol. The number of amides is 1. The second-order valence-electron chi connectivity index (χ2n) is 5.88. The molecule has 2 atom stereocenters. The fraction of sp³-hybridized carbons (Fsp3) is 0.625. The summed E-state index contributed by atoms with van der Waals surface area (Å²) in [6.45, 7) is 8.47. The molecule has 110 valence electrons. The van der Waals surface area contributed by atoms with Crippen molar-refractivity contribution in [1.82, 2.24) is 10.3 Å². The third-order valence-electron chi connectivity index (χ3n) is 3.98. The standard InChI is InChI=1S/C16H25N3O/c1-4-13(3)18-16(20)14-7-8-15(17-10-14)19-9-5-6-12(2)11-19/h7-8,10,12-13H,4-6,9,11H2,1-3H3,(H,18,20). The Labute approximate surface area is 121 Å². The van der Waals surface area contributed by atoms with Crippen molar-refractivity contribution >= 4 is 11.7 Å². The fourth-order valence-corrected chi connectivity index (χ4v) is 2.51. The van der Waals surface area contributed by atoms with Crippen LogP contribution in [0.2, 0.25) is 0 Å². The average molecular weight is 275 g/mol. The highest BCUT2D eigenvalue weighted by atomic mass is 16.1. The van der Waals surface area contributed by atoms with Crippen LogP contribution in [0.4, 0.5) is 5.82 Å². The van der Waals surface area contributed by atoms with Gasteiger partial charge in [0, 0.05) is 25.3 Å². The van der Waals surface area contributed by atoms with E-state index < -0.39 is 0 Å². The smallest absolute Gasteiger partial charge is 0.253 e. The Hall–Kier alpha value is -1.58. The Morgan fingerprint density at radius 1 is 1.55 bits per heavy atom. The molecular formula is C16H25N3O. The van der Waals surface area contributed by atoms with Crippen LogP contribution in [0.5, 0.6) is 0 Å². The van der Waals surface area contributed by atoms with Crippen LogP contribution in [0.1, 0.15) is 50.4 Å². The van der Waals surface area contributed by atoms with E-state index in [2.05, 4.69) is 29.0 Å². The molecule has 4 nitrogen and oxygen atoms in total. The zero-order chi connectivity index (χ0) is 14.5. The molecule has 2 rings (SSSR count). The third kappa shape index (κ3) is 3.71. The molecule has 1 aromatic rings. The average Bonchev–Trinajstić information content (AvgIpc) is 2.47. The molecule has 0 aliphatic carbocycles. The van der Waals surface area contributed by atoms with E-state index in [1.807, 2.05) is 19.1 Å². The molecule has 2 unspecified atom stereocenters. The first-order valence-electron chi connectivity index (χ1n) is 7.62. The van der Waals surface area contributed by atoms with Crippen LogP contribution in [0.15, 0.2) is 18.3 Å². The van der Waals surface area contributed by atoms with E-state index in [0.717, 1.165) is 31.2 Å². The van der Waals surface area contributed by atoms with Crippen LogP contribution in [0.3, 0.4) is 0 Å². The Morgan fingerprint density at radius 2 is 2.35 bits per heavy atom. The molecule has 0 saturated carbocycles. The van der Waals surface area contributed by atoms with Crippen LogP contribution in [-0.4, -0.2) is 30.0 Å². The highest BCUT2D eigenvalue weighted by Gasteiger charge is 2.18. The van der Waals surface area contributed by atoms with Gasteiger partial charge in [0.15, 0.2) is 0 Å². The summed E-state index contributed by atoms with van der Waals surface area (Å²) in [6, 6.07) is 4.04. The monoisotopic (exact) mass is 275 g/mol. The van der Waals surface area contributed by atoms with E-state index in [1.54, 1.807) is 6.20 Å². The Morgan fingerprint density at radius 3 is 2.95 bits per heavy atom. The maximum absolute atomic E-state index is 12.0. The lowest BCUT2D eigenvalue weighted by Crippen LogP contribution is -2.35. The number of aromatic nitrogens is 1. The Balaban J connectivity index is 2.00. The van der Waals surface area contributed by atoms with Gasteiger partial charge in [-0.3, -0.25) is 4.79 Å². The van der Waals surface area contributed by atoms with Crippen molar-refractivity contribution < 1.29 is 4.79 Å². The third-order valence-corrected chi connectivity index (χ3v) is 3.98. The number of hydrogen-bond donors (Lipinski definition) is 1. The molecule has 2 heterocycles. The van der Waals surface area contributed by atoms with Gasteiger partial charge in [-0.25, -0.2) is 4.98 Å². The number of piperidine rings is 1. The van der Waals surface area contributed by atoms with E-state index in [1.165, 1.54) is 12.8 Å². The first-order valence-corrected chi connectivity index (χ1v) is 7.62. The van der Waals surface area contributed by atoms with E-state index >= 15 is 0 Å². The zero-order valence-electron chi connectivity index (χ0n) is 12.7. The van der Waals surface area contributed by atoms with Crippen molar-refractivity contribution in [3.63, 3.8) is 0 Å². The quantitative estimate of drug-likeness (QED) is 0.919. The summed E-state index contributed by atoms with van der Waals surface area (Å²) in [5.41, 5.74) is 0.638. The van der Waals surface area contributed by atoms with E-state index in [-0.39, 0.29) is 11.9 Å². The number of carbonyl (C=O) groups excluding carboxylic acids is 1. The number of anilines is 1. The van der Waals surface area contributed by atoms with Gasteiger partial charge < -0.3 is 10.2 Å². The Kier molecular flexibility index (Phi) is 4.99. The molecule has 0 bridgehead atoms.